The highest BCUT2D eigenvalue weighted by Gasteiger charge is 2.47. The highest BCUT2D eigenvalue weighted by Crippen LogP contribution is 2.45. The van der Waals surface area contributed by atoms with E-state index in [4.69, 9.17) is 14.2 Å². The molecule has 2 aliphatic heterocycles. The number of carbonyl (C=O) groups is 3. The van der Waals surface area contributed by atoms with Crippen LogP contribution in [0.25, 0.3) is 0 Å². The van der Waals surface area contributed by atoms with Crippen molar-refractivity contribution in [2.24, 2.45) is 4.99 Å². The van der Waals surface area contributed by atoms with Crippen LogP contribution in [0.15, 0.2) is 47.1 Å². The Bertz CT molecular complexity index is 1000. The molecule has 1 aromatic rings. The highest BCUT2D eigenvalue weighted by atomic mass is 32.2. The molecular weight excluding hydrogens is 420 g/mol. The molecule has 2 unspecified atom stereocenters. The van der Waals surface area contributed by atoms with Crippen LogP contribution in [-0.2, 0) is 19.1 Å². The normalized spacial score (nSPS) is 20.2. The monoisotopic (exact) mass is 444 g/mol. The summed E-state index contributed by atoms with van der Waals surface area (Å²) in [7, 11) is 1.45. The van der Waals surface area contributed by atoms with Crippen molar-refractivity contribution in [2.45, 2.75) is 38.5 Å². The number of ether oxygens (including phenoxy) is 3. The molecule has 0 bridgehead atoms. The highest BCUT2D eigenvalue weighted by molar-refractivity contribution is 8.15. The first kappa shape index (κ1) is 22.6. The molecule has 2 aliphatic rings. The Labute approximate surface area is 184 Å². The number of benzene rings is 1. The van der Waals surface area contributed by atoms with Crippen molar-refractivity contribution in [2.75, 3.05) is 13.7 Å². The molecule has 31 heavy (non-hydrogen) atoms. The zero-order valence-corrected chi connectivity index (χ0v) is 18.7. The average molecular weight is 445 g/mol. The number of nitrogens with zero attached hydrogens (tertiary/aromatic N) is 2. The Morgan fingerprint density at radius 2 is 2.06 bits per heavy atom. The van der Waals surface area contributed by atoms with E-state index in [0.29, 0.717) is 28.6 Å². The number of amides is 1. The van der Waals surface area contributed by atoms with Crippen molar-refractivity contribution in [1.29, 1.82) is 0 Å². The van der Waals surface area contributed by atoms with Gasteiger partial charge < -0.3 is 14.2 Å². The van der Waals surface area contributed by atoms with Crippen molar-refractivity contribution in [3.05, 3.63) is 47.7 Å². The SMILES string of the molecule is C=CCOC(=O)C1=C(C)N=C2SC(CC)C(=O)N2C1c1ccc(OC(C)=O)c(OC)c1. The lowest BCUT2D eigenvalue weighted by Crippen LogP contribution is -2.40. The second-order valence-corrected chi connectivity index (χ2v) is 8.08. The first-order chi connectivity index (χ1) is 14.8. The van der Waals surface area contributed by atoms with Crippen molar-refractivity contribution < 1.29 is 28.6 Å². The van der Waals surface area contributed by atoms with Gasteiger partial charge in [0.1, 0.15) is 6.61 Å². The number of esters is 2. The number of aliphatic imine (C=N–C) groups is 1. The first-order valence-corrected chi connectivity index (χ1v) is 10.6. The van der Waals surface area contributed by atoms with Crippen molar-refractivity contribution in [3.63, 3.8) is 0 Å². The fourth-order valence-corrected chi connectivity index (χ4v) is 4.61. The summed E-state index contributed by atoms with van der Waals surface area (Å²) >= 11 is 1.38. The van der Waals surface area contributed by atoms with Gasteiger partial charge in [-0.25, -0.2) is 9.79 Å². The fraction of sp³-hybridized carbons (Fsp3) is 0.364. The molecule has 0 N–H and O–H groups in total. The average Bonchev–Trinajstić information content (AvgIpc) is 3.06. The zero-order chi connectivity index (χ0) is 22.7. The van der Waals surface area contributed by atoms with Gasteiger partial charge in [-0.3, -0.25) is 14.5 Å². The Morgan fingerprint density at radius 3 is 2.68 bits per heavy atom. The van der Waals surface area contributed by atoms with Gasteiger partial charge >= 0.3 is 11.9 Å². The van der Waals surface area contributed by atoms with E-state index >= 15 is 0 Å². The van der Waals surface area contributed by atoms with Gasteiger partial charge in [0.15, 0.2) is 16.7 Å². The number of rotatable bonds is 7. The molecule has 8 nitrogen and oxygen atoms in total. The largest absolute Gasteiger partial charge is 0.493 e. The molecule has 164 valence electrons. The Hall–Kier alpha value is -3.07. The summed E-state index contributed by atoms with van der Waals surface area (Å²) in [6.45, 7) is 8.55. The minimum absolute atomic E-state index is 0.0356. The van der Waals surface area contributed by atoms with E-state index in [1.54, 1.807) is 25.1 Å². The van der Waals surface area contributed by atoms with E-state index in [9.17, 15) is 14.4 Å². The molecule has 3 rings (SSSR count). The predicted molar refractivity (Wildman–Crippen MR) is 117 cm³/mol. The molecule has 1 fully saturated rings. The number of amidine groups is 1. The quantitative estimate of drug-likeness (QED) is 0.361. The maximum atomic E-state index is 13.1. The number of carbonyl (C=O) groups excluding carboxylic acids is 3. The van der Waals surface area contributed by atoms with Crippen molar-refractivity contribution in [3.8, 4) is 11.5 Å². The number of allylic oxidation sites excluding steroid dienone is 1. The van der Waals surface area contributed by atoms with E-state index in [0.717, 1.165) is 0 Å². The number of methoxy groups -OCH3 is 1. The van der Waals surface area contributed by atoms with E-state index in [2.05, 4.69) is 11.6 Å². The Balaban J connectivity index is 2.13. The second-order valence-electron chi connectivity index (χ2n) is 6.91. The van der Waals surface area contributed by atoms with Gasteiger partial charge in [0, 0.05) is 6.92 Å². The summed E-state index contributed by atoms with van der Waals surface area (Å²) in [5.74, 6) is -0.640. The van der Waals surface area contributed by atoms with Crippen molar-refractivity contribution >= 4 is 34.8 Å². The molecule has 1 amide bonds. The lowest BCUT2D eigenvalue weighted by Gasteiger charge is -2.33. The maximum absolute atomic E-state index is 13.1. The third kappa shape index (κ3) is 4.36. The van der Waals surface area contributed by atoms with E-state index in [1.807, 2.05) is 6.92 Å². The predicted octanol–water partition coefficient (Wildman–Crippen LogP) is 3.39. The van der Waals surface area contributed by atoms with Crippen molar-refractivity contribution in [1.82, 2.24) is 4.90 Å². The molecular formula is C22H24N2O6S. The third-order valence-corrected chi connectivity index (χ3v) is 6.15. The molecule has 0 radical (unpaired) electrons. The van der Waals surface area contributed by atoms with Gasteiger partial charge in [-0.05, 0) is 31.0 Å². The number of thioether (sulfide) groups is 1. The van der Waals surface area contributed by atoms with Crippen LogP contribution in [0.5, 0.6) is 11.5 Å². The molecule has 2 atom stereocenters. The summed E-state index contributed by atoms with van der Waals surface area (Å²) in [6, 6.07) is 4.17. The van der Waals surface area contributed by atoms with Crippen LogP contribution in [0.4, 0.5) is 0 Å². The molecule has 9 heteroatoms. The van der Waals surface area contributed by atoms with Gasteiger partial charge in [0.05, 0.1) is 29.7 Å². The van der Waals surface area contributed by atoms with Crippen LogP contribution in [-0.4, -0.2) is 46.9 Å². The van der Waals surface area contributed by atoms with Crippen LogP contribution in [0.3, 0.4) is 0 Å². The maximum Gasteiger partial charge on any atom is 0.338 e. The molecule has 2 heterocycles. The third-order valence-electron chi connectivity index (χ3n) is 4.83. The lowest BCUT2D eigenvalue weighted by atomic mass is 9.94. The second kappa shape index (κ2) is 9.38. The fourth-order valence-electron chi connectivity index (χ4n) is 3.47. The number of fused-ring (bicyclic) bond motifs is 1. The van der Waals surface area contributed by atoms with Gasteiger partial charge in [0.25, 0.3) is 0 Å². The molecule has 1 saturated heterocycles. The Morgan fingerprint density at radius 1 is 1.32 bits per heavy atom. The molecule has 0 spiro atoms. The van der Waals surface area contributed by atoms with Gasteiger partial charge in [-0.2, -0.15) is 0 Å². The molecule has 1 aromatic carbocycles. The minimum Gasteiger partial charge on any atom is -0.493 e. The zero-order valence-electron chi connectivity index (χ0n) is 17.8. The van der Waals surface area contributed by atoms with Crippen LogP contribution in [0.2, 0.25) is 0 Å². The van der Waals surface area contributed by atoms with Crippen LogP contribution in [0.1, 0.15) is 38.8 Å². The standard InChI is InChI=1S/C22H24N2O6S/c1-6-10-29-21(27)18-12(3)23-22-24(20(26)17(7-2)31-22)19(18)14-8-9-15(30-13(4)25)16(11-14)28-5/h6,8-9,11,17,19H,1,7,10H2,2-5H3. The van der Waals surface area contributed by atoms with Crippen LogP contribution in [0, 0.1) is 0 Å². The van der Waals surface area contributed by atoms with E-state index in [-0.39, 0.29) is 29.1 Å². The topological polar surface area (TPSA) is 94.5 Å². The summed E-state index contributed by atoms with van der Waals surface area (Å²) in [6.07, 6.45) is 2.11. The minimum atomic E-state index is -0.748. The molecule has 0 aromatic heterocycles. The molecule has 0 saturated carbocycles. The van der Waals surface area contributed by atoms with Gasteiger partial charge in [-0.1, -0.05) is 37.4 Å². The smallest absolute Gasteiger partial charge is 0.338 e. The van der Waals surface area contributed by atoms with E-state index in [1.165, 1.54) is 36.8 Å². The summed E-state index contributed by atoms with van der Waals surface area (Å²) in [5.41, 5.74) is 1.35. The number of hydrogen-bond donors (Lipinski definition) is 0. The molecule has 0 aliphatic carbocycles. The van der Waals surface area contributed by atoms with E-state index < -0.39 is 18.0 Å². The van der Waals surface area contributed by atoms with Gasteiger partial charge in [0.2, 0.25) is 5.91 Å². The lowest BCUT2D eigenvalue weighted by molar-refractivity contribution is -0.139. The van der Waals surface area contributed by atoms with Gasteiger partial charge in [-0.15, -0.1) is 0 Å². The number of hydrogen-bond acceptors (Lipinski definition) is 8. The van der Waals surface area contributed by atoms with Crippen LogP contribution >= 0.6 is 11.8 Å². The summed E-state index contributed by atoms with van der Waals surface area (Å²) < 4.78 is 15.9. The summed E-state index contributed by atoms with van der Waals surface area (Å²) in [5, 5.41) is 0.266. The summed E-state index contributed by atoms with van der Waals surface area (Å²) in [4.78, 5) is 43.5. The first-order valence-electron chi connectivity index (χ1n) is 9.75. The van der Waals surface area contributed by atoms with Crippen LogP contribution < -0.4 is 9.47 Å². The Kier molecular flexibility index (Phi) is 6.84.